The van der Waals surface area contributed by atoms with E-state index in [1.807, 2.05) is 31.2 Å². The average molecular weight is 323 g/mol. The van der Waals surface area contributed by atoms with Crippen molar-refractivity contribution in [3.05, 3.63) is 47.8 Å². The van der Waals surface area contributed by atoms with Gasteiger partial charge in [-0.3, -0.25) is 9.48 Å². The minimum atomic E-state index is -3.68. The standard InChI is InChI=1S/C14H17N3O4S/c1-11-3-2-4-12(7-11)5-6-16-22(20,21)13-8-15-17(9-13)10-14(18)19/h2-4,7-9,16H,5-6,10H2,1H3,(H,18,19). The maximum atomic E-state index is 12.1. The predicted octanol–water partition coefficient (Wildman–Crippen LogP) is 0.797. The Labute approximate surface area is 128 Å². The minimum absolute atomic E-state index is 0.0435. The molecule has 2 aromatic rings. The van der Waals surface area contributed by atoms with E-state index in [4.69, 9.17) is 5.11 Å². The molecule has 118 valence electrons. The van der Waals surface area contributed by atoms with E-state index in [2.05, 4.69) is 9.82 Å². The summed E-state index contributed by atoms with van der Waals surface area (Å²) in [4.78, 5) is 10.5. The molecule has 1 aromatic heterocycles. The Morgan fingerprint density at radius 3 is 2.86 bits per heavy atom. The molecule has 0 saturated heterocycles. The Kier molecular flexibility index (Phi) is 4.94. The molecule has 1 heterocycles. The number of rotatable bonds is 7. The fourth-order valence-corrected chi connectivity index (χ4v) is 2.97. The maximum Gasteiger partial charge on any atom is 0.325 e. The van der Waals surface area contributed by atoms with Crippen molar-refractivity contribution in [3.63, 3.8) is 0 Å². The number of aryl methyl sites for hydroxylation is 1. The normalized spacial score (nSPS) is 11.5. The van der Waals surface area contributed by atoms with Crippen LogP contribution in [0.2, 0.25) is 0 Å². The molecule has 2 rings (SSSR count). The largest absolute Gasteiger partial charge is 0.480 e. The first-order chi connectivity index (χ1) is 10.4. The van der Waals surface area contributed by atoms with Crippen molar-refractivity contribution in [1.82, 2.24) is 14.5 Å². The van der Waals surface area contributed by atoms with Gasteiger partial charge in [0, 0.05) is 12.7 Å². The molecule has 0 radical (unpaired) electrons. The molecule has 22 heavy (non-hydrogen) atoms. The van der Waals surface area contributed by atoms with E-state index in [1.54, 1.807) is 0 Å². The molecule has 8 heteroatoms. The number of aliphatic carboxylic acids is 1. The van der Waals surface area contributed by atoms with E-state index in [0.717, 1.165) is 22.0 Å². The zero-order valence-electron chi connectivity index (χ0n) is 12.1. The third-order valence-electron chi connectivity index (χ3n) is 3.01. The van der Waals surface area contributed by atoms with Crippen molar-refractivity contribution in [1.29, 1.82) is 0 Å². The molecule has 0 saturated carbocycles. The lowest BCUT2D eigenvalue weighted by Gasteiger charge is -2.05. The molecule has 0 bridgehead atoms. The predicted molar refractivity (Wildman–Crippen MR) is 79.9 cm³/mol. The molecule has 0 aliphatic carbocycles. The zero-order valence-corrected chi connectivity index (χ0v) is 12.9. The Morgan fingerprint density at radius 2 is 2.18 bits per heavy atom. The first-order valence-corrected chi connectivity index (χ1v) is 8.14. The van der Waals surface area contributed by atoms with Crippen LogP contribution in [0.4, 0.5) is 0 Å². The third-order valence-corrected chi connectivity index (χ3v) is 4.42. The monoisotopic (exact) mass is 323 g/mol. The van der Waals surface area contributed by atoms with Crippen LogP contribution in [-0.4, -0.2) is 35.8 Å². The smallest absolute Gasteiger partial charge is 0.325 e. The molecular weight excluding hydrogens is 306 g/mol. The van der Waals surface area contributed by atoms with Crippen LogP contribution >= 0.6 is 0 Å². The molecule has 2 N–H and O–H groups in total. The highest BCUT2D eigenvalue weighted by Crippen LogP contribution is 2.08. The second-order valence-electron chi connectivity index (χ2n) is 4.90. The van der Waals surface area contributed by atoms with Crippen molar-refractivity contribution in [2.45, 2.75) is 24.8 Å². The second kappa shape index (κ2) is 6.71. The van der Waals surface area contributed by atoms with Gasteiger partial charge in [0.25, 0.3) is 0 Å². The summed E-state index contributed by atoms with van der Waals surface area (Å²) in [6.45, 7) is 1.86. The average Bonchev–Trinajstić information content (AvgIpc) is 2.87. The van der Waals surface area contributed by atoms with Gasteiger partial charge < -0.3 is 5.11 Å². The molecule has 0 spiro atoms. The van der Waals surface area contributed by atoms with Gasteiger partial charge in [-0.05, 0) is 18.9 Å². The molecule has 0 fully saturated rings. The van der Waals surface area contributed by atoms with Crippen molar-refractivity contribution in [2.24, 2.45) is 0 Å². The fraction of sp³-hybridized carbons (Fsp3) is 0.286. The number of carbonyl (C=O) groups is 1. The van der Waals surface area contributed by atoms with Crippen LogP contribution in [0.15, 0.2) is 41.6 Å². The van der Waals surface area contributed by atoms with Crippen LogP contribution in [0.25, 0.3) is 0 Å². The number of sulfonamides is 1. The quantitative estimate of drug-likeness (QED) is 0.785. The summed E-state index contributed by atoms with van der Waals surface area (Å²) >= 11 is 0. The van der Waals surface area contributed by atoms with Crippen molar-refractivity contribution in [3.8, 4) is 0 Å². The van der Waals surface area contributed by atoms with Crippen molar-refractivity contribution < 1.29 is 18.3 Å². The van der Waals surface area contributed by atoms with Gasteiger partial charge in [-0.15, -0.1) is 0 Å². The highest BCUT2D eigenvalue weighted by atomic mass is 32.2. The maximum absolute atomic E-state index is 12.1. The van der Waals surface area contributed by atoms with E-state index in [-0.39, 0.29) is 18.0 Å². The summed E-state index contributed by atoms with van der Waals surface area (Å²) in [6.07, 6.45) is 2.91. The van der Waals surface area contributed by atoms with E-state index < -0.39 is 16.0 Å². The number of nitrogens with one attached hydrogen (secondary N) is 1. The summed E-state index contributed by atoms with van der Waals surface area (Å²) in [5.41, 5.74) is 2.17. The Hall–Kier alpha value is -2.19. The molecule has 0 unspecified atom stereocenters. The first kappa shape index (κ1) is 16.2. The zero-order chi connectivity index (χ0) is 16.2. The number of hydrogen-bond acceptors (Lipinski definition) is 4. The van der Waals surface area contributed by atoms with Gasteiger partial charge in [0.05, 0.1) is 6.20 Å². The number of carboxylic acids is 1. The van der Waals surface area contributed by atoms with Crippen LogP contribution in [0.3, 0.4) is 0 Å². The number of carboxylic acid groups (broad SMARTS) is 1. The van der Waals surface area contributed by atoms with Crippen molar-refractivity contribution >= 4 is 16.0 Å². The second-order valence-corrected chi connectivity index (χ2v) is 6.67. The lowest BCUT2D eigenvalue weighted by molar-refractivity contribution is -0.137. The highest BCUT2D eigenvalue weighted by molar-refractivity contribution is 7.89. The molecule has 0 aliphatic rings. The van der Waals surface area contributed by atoms with Gasteiger partial charge in [-0.1, -0.05) is 29.8 Å². The lowest BCUT2D eigenvalue weighted by atomic mass is 10.1. The van der Waals surface area contributed by atoms with E-state index in [9.17, 15) is 13.2 Å². The van der Waals surface area contributed by atoms with Gasteiger partial charge in [0.1, 0.15) is 11.4 Å². The lowest BCUT2D eigenvalue weighted by Crippen LogP contribution is -2.25. The van der Waals surface area contributed by atoms with Crippen LogP contribution in [0.5, 0.6) is 0 Å². The number of aromatic nitrogens is 2. The topological polar surface area (TPSA) is 101 Å². The van der Waals surface area contributed by atoms with Crippen LogP contribution in [0, 0.1) is 6.92 Å². The summed E-state index contributed by atoms with van der Waals surface area (Å²) in [5, 5.41) is 12.4. The molecule has 0 atom stereocenters. The minimum Gasteiger partial charge on any atom is -0.480 e. The fourth-order valence-electron chi connectivity index (χ4n) is 1.99. The van der Waals surface area contributed by atoms with E-state index in [0.29, 0.717) is 6.42 Å². The molecule has 1 aromatic carbocycles. The summed E-state index contributed by atoms with van der Waals surface area (Å²) in [7, 11) is -3.68. The van der Waals surface area contributed by atoms with Gasteiger partial charge in [0.2, 0.25) is 10.0 Å². The summed E-state index contributed by atoms with van der Waals surface area (Å²) in [6, 6.07) is 7.84. The highest BCUT2D eigenvalue weighted by Gasteiger charge is 2.16. The molecule has 0 aliphatic heterocycles. The Morgan fingerprint density at radius 1 is 1.41 bits per heavy atom. The SMILES string of the molecule is Cc1cccc(CCNS(=O)(=O)c2cnn(CC(=O)O)c2)c1. The molecule has 0 amide bonds. The summed E-state index contributed by atoms with van der Waals surface area (Å²) < 4.78 is 27.7. The van der Waals surface area contributed by atoms with Gasteiger partial charge >= 0.3 is 5.97 Å². The first-order valence-electron chi connectivity index (χ1n) is 6.66. The number of benzene rings is 1. The van der Waals surface area contributed by atoms with Gasteiger partial charge in [0.15, 0.2) is 0 Å². The number of nitrogens with zero attached hydrogens (tertiary/aromatic N) is 2. The van der Waals surface area contributed by atoms with Crippen LogP contribution < -0.4 is 4.72 Å². The molecular formula is C14H17N3O4S. The molecule has 7 nitrogen and oxygen atoms in total. The third kappa shape index (κ3) is 4.40. The Bertz CT molecular complexity index is 768. The number of hydrogen-bond donors (Lipinski definition) is 2. The van der Waals surface area contributed by atoms with Gasteiger partial charge in [-0.25, -0.2) is 13.1 Å². The van der Waals surface area contributed by atoms with Gasteiger partial charge in [-0.2, -0.15) is 5.10 Å². The van der Waals surface area contributed by atoms with E-state index in [1.165, 1.54) is 6.20 Å². The Balaban J connectivity index is 1.96. The van der Waals surface area contributed by atoms with Crippen molar-refractivity contribution in [2.75, 3.05) is 6.54 Å². The van der Waals surface area contributed by atoms with E-state index >= 15 is 0 Å². The van der Waals surface area contributed by atoms with Crippen LogP contribution in [0.1, 0.15) is 11.1 Å². The summed E-state index contributed by atoms with van der Waals surface area (Å²) in [5.74, 6) is -1.08. The van der Waals surface area contributed by atoms with Crippen LogP contribution in [-0.2, 0) is 27.8 Å².